The van der Waals surface area contributed by atoms with Crippen LogP contribution in [0.2, 0.25) is 0 Å². The van der Waals surface area contributed by atoms with Gasteiger partial charge in [-0.2, -0.15) is 0 Å². The van der Waals surface area contributed by atoms with Crippen molar-refractivity contribution in [3.63, 3.8) is 0 Å². The van der Waals surface area contributed by atoms with E-state index in [4.69, 9.17) is 4.74 Å². The van der Waals surface area contributed by atoms with Crippen LogP contribution in [-0.4, -0.2) is 0 Å². The molecule has 1 nitrogen and oxygen atoms in total. The van der Waals surface area contributed by atoms with Crippen LogP contribution >= 0.6 is 0 Å². The fourth-order valence-electron chi connectivity index (χ4n) is 2.06. The molecule has 23 heavy (non-hydrogen) atoms. The van der Waals surface area contributed by atoms with Crippen LogP contribution in [0.25, 0.3) is 0 Å². The van der Waals surface area contributed by atoms with E-state index in [2.05, 4.69) is 12.1 Å². The minimum Gasteiger partial charge on any atom is -0.489 e. The molecule has 4 heteroatoms. The van der Waals surface area contributed by atoms with E-state index in [0.29, 0.717) is 11.3 Å². The third-order valence-electron chi connectivity index (χ3n) is 3.09. The molecule has 3 aromatic rings. The van der Waals surface area contributed by atoms with Crippen molar-refractivity contribution >= 4 is 0 Å². The quantitative estimate of drug-likeness (QED) is 0.568. The fraction of sp³-hybridized carbons (Fsp3) is 0.0526. The van der Waals surface area contributed by atoms with E-state index in [1.165, 1.54) is 19.3 Å². The lowest BCUT2D eigenvalue weighted by molar-refractivity contribution is -0.597. The molecule has 3 rings (SSSR count). The van der Waals surface area contributed by atoms with E-state index in [0.717, 1.165) is 6.07 Å². The van der Waals surface area contributed by atoms with Gasteiger partial charge in [-0.15, -0.1) is 0 Å². The van der Waals surface area contributed by atoms with Gasteiger partial charge in [-0.1, -0.05) is 18.2 Å². The molecule has 0 fully saturated rings. The van der Waals surface area contributed by atoms with Crippen molar-refractivity contribution < 1.29 is 34.7 Å². The van der Waals surface area contributed by atoms with Crippen LogP contribution in [0.15, 0.2) is 72.8 Å². The zero-order valence-electron chi connectivity index (χ0n) is 12.2. The number of ether oxygens (including phenoxy) is 1. The van der Waals surface area contributed by atoms with Gasteiger partial charge in [0.05, 0.1) is 0 Å². The second-order valence-electron chi connectivity index (χ2n) is 4.91. The molecular formula is C19H14F2IO+. The summed E-state index contributed by atoms with van der Waals surface area (Å²) in [5, 5.41) is 0. The minimum atomic E-state index is -0.591. The molecule has 116 valence electrons. The standard InChI is InChI=1S/C19H14F2IO/c20-15-10-14(11-16(21)12-15)13-23-19-8-6-18(7-9-19)22-17-4-2-1-3-5-17/h1-12H,13H2/q+1. The maximum atomic E-state index is 13.1. The molecule has 0 saturated heterocycles. The number of rotatable bonds is 5. The Morgan fingerprint density at radius 3 is 2.00 bits per heavy atom. The highest BCUT2D eigenvalue weighted by Crippen LogP contribution is 2.13. The number of hydrogen-bond acceptors (Lipinski definition) is 1. The molecule has 0 amide bonds. The SMILES string of the molecule is Fc1cc(F)cc(COc2ccc([I+]c3ccccc3)cc2)c1. The predicted octanol–water partition coefficient (Wildman–Crippen LogP) is 1.67. The Kier molecular flexibility index (Phi) is 5.23. The summed E-state index contributed by atoms with van der Waals surface area (Å²) in [6.45, 7) is 0.141. The minimum absolute atomic E-state index is 0.141. The largest absolute Gasteiger partial charge is 0.489 e. The van der Waals surface area contributed by atoms with Crippen molar-refractivity contribution in [1.82, 2.24) is 0 Å². The lowest BCUT2D eigenvalue weighted by atomic mass is 10.2. The van der Waals surface area contributed by atoms with Gasteiger partial charge in [0.15, 0.2) is 7.14 Å². The molecule has 0 saturated carbocycles. The highest BCUT2D eigenvalue weighted by molar-refractivity contribution is 5.23. The summed E-state index contributed by atoms with van der Waals surface area (Å²) in [5.41, 5.74) is 0.475. The van der Waals surface area contributed by atoms with E-state index in [1.54, 1.807) is 0 Å². The molecule has 0 N–H and O–H groups in total. The first-order valence-corrected chi connectivity index (χ1v) is 9.22. The number of hydrogen-bond donors (Lipinski definition) is 0. The van der Waals surface area contributed by atoms with Gasteiger partial charge in [-0.05, 0) is 54.1 Å². The molecular weight excluding hydrogens is 409 g/mol. The zero-order valence-corrected chi connectivity index (χ0v) is 14.3. The van der Waals surface area contributed by atoms with E-state index in [-0.39, 0.29) is 27.8 Å². The molecule has 0 aliphatic heterocycles. The number of halogens is 3. The lowest BCUT2D eigenvalue weighted by Gasteiger charge is -2.06. The van der Waals surface area contributed by atoms with E-state index < -0.39 is 11.6 Å². The van der Waals surface area contributed by atoms with Crippen LogP contribution in [0.5, 0.6) is 5.75 Å². The van der Waals surface area contributed by atoms with Crippen LogP contribution in [0.4, 0.5) is 8.78 Å². The highest BCUT2D eigenvalue weighted by atomic mass is 127. The van der Waals surface area contributed by atoms with Gasteiger partial charge in [0, 0.05) is 6.07 Å². The first kappa shape index (κ1) is 15.9. The first-order valence-electron chi connectivity index (χ1n) is 7.07. The Morgan fingerprint density at radius 1 is 0.739 bits per heavy atom. The molecule has 0 bridgehead atoms. The Balaban J connectivity index is 1.61. The van der Waals surface area contributed by atoms with Crippen molar-refractivity contribution in [3.05, 3.63) is 97.1 Å². The van der Waals surface area contributed by atoms with Crippen LogP contribution < -0.4 is 25.9 Å². The van der Waals surface area contributed by atoms with Crippen molar-refractivity contribution in [2.45, 2.75) is 6.61 Å². The van der Waals surface area contributed by atoms with Crippen molar-refractivity contribution in [2.75, 3.05) is 0 Å². The van der Waals surface area contributed by atoms with Gasteiger partial charge in [0.1, 0.15) is 24.0 Å². The monoisotopic (exact) mass is 423 g/mol. The summed E-state index contributed by atoms with van der Waals surface area (Å²) in [5.74, 6) is -0.492. The maximum absolute atomic E-state index is 13.1. The van der Waals surface area contributed by atoms with Crippen molar-refractivity contribution in [1.29, 1.82) is 0 Å². The molecule has 0 aromatic heterocycles. The fourth-order valence-corrected chi connectivity index (χ4v) is 4.27. The van der Waals surface area contributed by atoms with Gasteiger partial charge in [0.25, 0.3) is 0 Å². The third kappa shape index (κ3) is 4.76. The van der Waals surface area contributed by atoms with Gasteiger partial charge < -0.3 is 4.74 Å². The summed E-state index contributed by atoms with van der Waals surface area (Å²) < 4.78 is 34.5. The molecule has 0 aliphatic carbocycles. The van der Waals surface area contributed by atoms with Crippen molar-refractivity contribution in [3.8, 4) is 5.75 Å². The number of benzene rings is 3. The lowest BCUT2D eigenvalue weighted by Crippen LogP contribution is -3.61. The Morgan fingerprint density at radius 2 is 1.35 bits per heavy atom. The maximum Gasteiger partial charge on any atom is 0.357 e. The molecule has 0 spiro atoms. The Labute approximate surface area is 144 Å². The van der Waals surface area contributed by atoms with E-state index in [9.17, 15) is 8.78 Å². The third-order valence-corrected chi connectivity index (χ3v) is 5.78. The van der Waals surface area contributed by atoms with Crippen LogP contribution in [0, 0.1) is 18.8 Å². The van der Waals surface area contributed by atoms with Gasteiger partial charge in [-0.3, -0.25) is 0 Å². The molecule has 0 heterocycles. The van der Waals surface area contributed by atoms with Crippen LogP contribution in [0.1, 0.15) is 5.56 Å². The second-order valence-corrected chi connectivity index (χ2v) is 7.94. The van der Waals surface area contributed by atoms with Crippen LogP contribution in [-0.2, 0) is 6.61 Å². The average molecular weight is 423 g/mol. The summed E-state index contributed by atoms with van der Waals surface area (Å²) in [6, 6.07) is 21.7. The highest BCUT2D eigenvalue weighted by Gasteiger charge is 2.14. The van der Waals surface area contributed by atoms with E-state index >= 15 is 0 Å². The van der Waals surface area contributed by atoms with Gasteiger partial charge >= 0.3 is 21.2 Å². The van der Waals surface area contributed by atoms with Gasteiger partial charge in [-0.25, -0.2) is 8.78 Å². The Hall–Kier alpha value is -1.95. The molecule has 0 aliphatic rings. The summed E-state index contributed by atoms with van der Waals surface area (Å²) in [6.07, 6.45) is 0. The summed E-state index contributed by atoms with van der Waals surface area (Å²) >= 11 is -0.202. The Bertz CT molecular complexity index is 753. The predicted molar refractivity (Wildman–Crippen MR) is 81.0 cm³/mol. The molecule has 0 unspecified atom stereocenters. The topological polar surface area (TPSA) is 9.23 Å². The normalized spacial score (nSPS) is 10.5. The van der Waals surface area contributed by atoms with Crippen LogP contribution in [0.3, 0.4) is 0 Å². The zero-order chi connectivity index (χ0) is 16.1. The summed E-state index contributed by atoms with van der Waals surface area (Å²) in [7, 11) is 0. The first-order chi connectivity index (χ1) is 11.2. The smallest absolute Gasteiger partial charge is 0.357 e. The molecule has 0 radical (unpaired) electrons. The van der Waals surface area contributed by atoms with Crippen molar-refractivity contribution in [2.24, 2.45) is 0 Å². The van der Waals surface area contributed by atoms with E-state index in [1.807, 2.05) is 42.5 Å². The second kappa shape index (κ2) is 7.55. The molecule has 0 atom stereocenters. The van der Waals surface area contributed by atoms with Gasteiger partial charge in [0.2, 0.25) is 0 Å². The summed E-state index contributed by atoms with van der Waals surface area (Å²) in [4.78, 5) is 0. The average Bonchev–Trinajstić information content (AvgIpc) is 2.54. The molecule has 3 aromatic carbocycles.